The molecule has 1 heterocycles. The van der Waals surface area contributed by atoms with Crippen LogP contribution in [0.4, 0.5) is 5.69 Å². The van der Waals surface area contributed by atoms with Crippen LogP contribution in [-0.4, -0.2) is 17.0 Å². The van der Waals surface area contributed by atoms with Gasteiger partial charge in [-0.1, -0.05) is 11.6 Å². The second-order valence-electron chi connectivity index (χ2n) is 5.21. The first-order valence-corrected chi connectivity index (χ1v) is 7.84. The van der Waals surface area contributed by atoms with E-state index in [2.05, 4.69) is 10.5 Å². The molecule has 0 aliphatic heterocycles. The number of benzene rings is 2. The zero-order valence-electron chi connectivity index (χ0n) is 13.3. The largest absolute Gasteiger partial charge is 0.455 e. The number of carbonyl (C=O) groups is 1. The number of nitrogens with one attached hydrogen (secondary N) is 1. The van der Waals surface area contributed by atoms with Crippen molar-refractivity contribution in [3.63, 3.8) is 0 Å². The Hall–Kier alpha value is -3.45. The van der Waals surface area contributed by atoms with Crippen LogP contribution in [0.15, 0.2) is 70.2 Å². The quantitative estimate of drug-likeness (QED) is 0.412. The molecule has 26 heavy (non-hydrogen) atoms. The summed E-state index contributed by atoms with van der Waals surface area (Å²) < 4.78 is 5.62. The summed E-state index contributed by atoms with van der Waals surface area (Å²) in [5, 5.41) is 15.1. The van der Waals surface area contributed by atoms with Gasteiger partial charge in [-0.3, -0.25) is 14.9 Å². The molecule has 1 amide bonds. The molecule has 0 atom stereocenters. The van der Waals surface area contributed by atoms with Gasteiger partial charge in [0, 0.05) is 28.3 Å². The first kappa shape index (κ1) is 17.4. The summed E-state index contributed by atoms with van der Waals surface area (Å²) >= 11 is 5.85. The summed E-state index contributed by atoms with van der Waals surface area (Å²) in [7, 11) is 0. The standard InChI is InChI=1S/C18H12ClN3O4/c19-14-5-1-12(2-6-14)17-10-9-16(26-17)11-20-21-18(23)13-3-7-15(8-4-13)22(24)25/h1-11H,(H,21,23). The van der Waals surface area contributed by atoms with Crippen LogP contribution in [0.5, 0.6) is 0 Å². The van der Waals surface area contributed by atoms with Crippen molar-refractivity contribution in [3.8, 4) is 11.3 Å². The van der Waals surface area contributed by atoms with Crippen molar-refractivity contribution >= 4 is 29.4 Å². The van der Waals surface area contributed by atoms with Crippen LogP contribution in [0.3, 0.4) is 0 Å². The molecule has 130 valence electrons. The molecule has 0 bridgehead atoms. The monoisotopic (exact) mass is 369 g/mol. The number of nitro groups is 1. The Morgan fingerprint density at radius 3 is 2.42 bits per heavy atom. The third-order valence-corrected chi connectivity index (χ3v) is 3.71. The molecule has 2 aromatic carbocycles. The molecule has 3 rings (SSSR count). The molecular formula is C18H12ClN3O4. The second kappa shape index (κ2) is 7.62. The SMILES string of the molecule is O=C(NN=Cc1ccc(-c2ccc(Cl)cc2)o1)c1ccc([N+](=O)[O-])cc1. The number of hydrazone groups is 1. The normalized spacial score (nSPS) is 10.8. The molecule has 0 aliphatic rings. The summed E-state index contributed by atoms with van der Waals surface area (Å²) in [6.45, 7) is 0. The fourth-order valence-corrected chi connectivity index (χ4v) is 2.27. The number of nitrogens with zero attached hydrogens (tertiary/aromatic N) is 2. The van der Waals surface area contributed by atoms with Gasteiger partial charge in [0.05, 0.1) is 11.1 Å². The van der Waals surface area contributed by atoms with Crippen molar-refractivity contribution in [1.82, 2.24) is 5.43 Å². The van der Waals surface area contributed by atoms with Gasteiger partial charge in [0.15, 0.2) is 0 Å². The molecule has 0 aliphatic carbocycles. The van der Waals surface area contributed by atoms with E-state index in [0.717, 1.165) is 5.56 Å². The van der Waals surface area contributed by atoms with Crippen molar-refractivity contribution in [2.75, 3.05) is 0 Å². The summed E-state index contributed by atoms with van der Waals surface area (Å²) in [6, 6.07) is 15.9. The molecule has 8 heteroatoms. The highest BCUT2D eigenvalue weighted by Crippen LogP contribution is 2.23. The lowest BCUT2D eigenvalue weighted by molar-refractivity contribution is -0.384. The van der Waals surface area contributed by atoms with Gasteiger partial charge < -0.3 is 4.42 Å². The minimum atomic E-state index is -0.533. The Labute approximate surface area is 153 Å². The smallest absolute Gasteiger partial charge is 0.271 e. The van der Waals surface area contributed by atoms with E-state index in [1.165, 1.54) is 30.5 Å². The molecular weight excluding hydrogens is 358 g/mol. The summed E-state index contributed by atoms with van der Waals surface area (Å²) in [5.74, 6) is 0.615. The average molecular weight is 370 g/mol. The number of halogens is 1. The Morgan fingerprint density at radius 1 is 1.08 bits per heavy atom. The summed E-state index contributed by atoms with van der Waals surface area (Å²) in [4.78, 5) is 22.0. The fraction of sp³-hybridized carbons (Fsp3) is 0. The van der Waals surface area contributed by atoms with E-state index in [4.69, 9.17) is 16.0 Å². The lowest BCUT2D eigenvalue weighted by Crippen LogP contribution is -2.17. The van der Waals surface area contributed by atoms with Gasteiger partial charge in [-0.05, 0) is 48.5 Å². The first-order valence-electron chi connectivity index (χ1n) is 7.46. The van der Waals surface area contributed by atoms with Gasteiger partial charge in [0.25, 0.3) is 11.6 Å². The van der Waals surface area contributed by atoms with Crippen LogP contribution >= 0.6 is 11.6 Å². The van der Waals surface area contributed by atoms with E-state index >= 15 is 0 Å². The molecule has 0 unspecified atom stereocenters. The van der Waals surface area contributed by atoms with E-state index in [0.29, 0.717) is 16.5 Å². The van der Waals surface area contributed by atoms with Gasteiger partial charge in [0.2, 0.25) is 0 Å². The van der Waals surface area contributed by atoms with Crippen molar-refractivity contribution < 1.29 is 14.1 Å². The van der Waals surface area contributed by atoms with Gasteiger partial charge in [-0.15, -0.1) is 0 Å². The maximum Gasteiger partial charge on any atom is 0.271 e. The van der Waals surface area contributed by atoms with Crippen molar-refractivity contribution in [1.29, 1.82) is 0 Å². The average Bonchev–Trinajstić information content (AvgIpc) is 3.11. The van der Waals surface area contributed by atoms with E-state index in [1.54, 1.807) is 24.3 Å². The van der Waals surface area contributed by atoms with Crippen LogP contribution in [0.25, 0.3) is 11.3 Å². The Bertz CT molecular complexity index is 963. The zero-order valence-corrected chi connectivity index (χ0v) is 14.0. The second-order valence-corrected chi connectivity index (χ2v) is 5.65. The number of furan rings is 1. The number of hydrogen-bond donors (Lipinski definition) is 1. The van der Waals surface area contributed by atoms with Crippen LogP contribution in [-0.2, 0) is 0 Å². The molecule has 0 radical (unpaired) electrons. The van der Waals surface area contributed by atoms with Gasteiger partial charge in [-0.25, -0.2) is 5.43 Å². The van der Waals surface area contributed by atoms with Crippen LogP contribution < -0.4 is 5.43 Å². The molecule has 0 spiro atoms. The summed E-state index contributed by atoms with van der Waals surface area (Å²) in [6.07, 6.45) is 1.36. The highest BCUT2D eigenvalue weighted by molar-refractivity contribution is 6.30. The van der Waals surface area contributed by atoms with E-state index < -0.39 is 10.8 Å². The number of amides is 1. The van der Waals surface area contributed by atoms with E-state index in [1.807, 2.05) is 12.1 Å². The lowest BCUT2D eigenvalue weighted by Gasteiger charge is -1.99. The maximum absolute atomic E-state index is 11.9. The minimum absolute atomic E-state index is 0.0876. The van der Waals surface area contributed by atoms with E-state index in [9.17, 15) is 14.9 Å². The fourth-order valence-electron chi connectivity index (χ4n) is 2.15. The van der Waals surface area contributed by atoms with E-state index in [-0.39, 0.29) is 11.3 Å². The van der Waals surface area contributed by atoms with Gasteiger partial charge in [0.1, 0.15) is 11.5 Å². The number of hydrogen-bond acceptors (Lipinski definition) is 5. The van der Waals surface area contributed by atoms with Crippen molar-refractivity contribution in [2.24, 2.45) is 5.10 Å². The molecule has 1 aromatic heterocycles. The van der Waals surface area contributed by atoms with Crippen LogP contribution in [0, 0.1) is 10.1 Å². The van der Waals surface area contributed by atoms with Gasteiger partial charge >= 0.3 is 0 Å². The Morgan fingerprint density at radius 2 is 1.77 bits per heavy atom. The predicted molar refractivity (Wildman–Crippen MR) is 97.3 cm³/mol. The Kier molecular flexibility index (Phi) is 5.09. The van der Waals surface area contributed by atoms with Gasteiger partial charge in [-0.2, -0.15) is 5.10 Å². The number of rotatable bonds is 5. The van der Waals surface area contributed by atoms with Crippen LogP contribution in [0.2, 0.25) is 5.02 Å². The molecule has 3 aromatic rings. The maximum atomic E-state index is 11.9. The predicted octanol–water partition coefficient (Wildman–Crippen LogP) is 4.27. The molecule has 1 N–H and O–H groups in total. The van der Waals surface area contributed by atoms with Crippen molar-refractivity contribution in [3.05, 3.63) is 87.1 Å². The molecule has 0 saturated heterocycles. The molecule has 0 saturated carbocycles. The first-order chi connectivity index (χ1) is 12.5. The third-order valence-electron chi connectivity index (χ3n) is 3.45. The highest BCUT2D eigenvalue weighted by atomic mass is 35.5. The van der Waals surface area contributed by atoms with Crippen LogP contribution in [0.1, 0.15) is 16.1 Å². The van der Waals surface area contributed by atoms with Crippen molar-refractivity contribution in [2.45, 2.75) is 0 Å². The topological polar surface area (TPSA) is 97.7 Å². The minimum Gasteiger partial charge on any atom is -0.455 e. The Balaban J connectivity index is 1.62. The molecule has 7 nitrogen and oxygen atoms in total. The highest BCUT2D eigenvalue weighted by Gasteiger charge is 2.09. The zero-order chi connectivity index (χ0) is 18.5. The number of carbonyl (C=O) groups excluding carboxylic acids is 1. The lowest BCUT2D eigenvalue weighted by atomic mass is 10.2. The number of nitro benzene ring substituents is 1. The number of non-ortho nitro benzene ring substituents is 1. The third kappa shape index (κ3) is 4.14. The summed E-state index contributed by atoms with van der Waals surface area (Å²) in [5.41, 5.74) is 3.37. The molecule has 0 fully saturated rings.